The van der Waals surface area contributed by atoms with Gasteiger partial charge in [-0.2, -0.15) is 0 Å². The van der Waals surface area contributed by atoms with E-state index in [0.29, 0.717) is 0 Å². The van der Waals surface area contributed by atoms with Gasteiger partial charge in [0, 0.05) is 0 Å². The topological polar surface area (TPSA) is 29.5 Å². The van der Waals surface area contributed by atoms with E-state index in [1.807, 2.05) is 37.3 Å². The van der Waals surface area contributed by atoms with E-state index < -0.39 is 0 Å². The SMILES string of the molecule is CCCCCC(C)O.COc1ccccc1. The molecule has 0 bridgehead atoms. The van der Waals surface area contributed by atoms with Gasteiger partial charge in [0.2, 0.25) is 0 Å². The molecule has 1 atom stereocenters. The van der Waals surface area contributed by atoms with Crippen molar-refractivity contribution in [3.8, 4) is 5.75 Å². The fourth-order valence-corrected chi connectivity index (χ4v) is 1.25. The van der Waals surface area contributed by atoms with Gasteiger partial charge in [-0.3, -0.25) is 0 Å². The summed E-state index contributed by atoms with van der Waals surface area (Å²) in [5.74, 6) is 0.910. The number of rotatable bonds is 5. The molecule has 1 aromatic rings. The number of methoxy groups -OCH3 is 1. The van der Waals surface area contributed by atoms with Crippen LogP contribution >= 0.6 is 0 Å². The van der Waals surface area contributed by atoms with Gasteiger partial charge in [0.1, 0.15) is 5.75 Å². The molecule has 16 heavy (non-hydrogen) atoms. The van der Waals surface area contributed by atoms with E-state index >= 15 is 0 Å². The summed E-state index contributed by atoms with van der Waals surface area (Å²) < 4.78 is 4.91. The Morgan fingerprint density at radius 3 is 2.19 bits per heavy atom. The maximum Gasteiger partial charge on any atom is 0.118 e. The molecule has 92 valence electrons. The monoisotopic (exact) mass is 224 g/mol. The van der Waals surface area contributed by atoms with Crippen LogP contribution in [0.3, 0.4) is 0 Å². The molecule has 0 aliphatic heterocycles. The predicted molar refractivity (Wildman–Crippen MR) is 68.8 cm³/mol. The Balaban J connectivity index is 0.000000281. The van der Waals surface area contributed by atoms with Gasteiger partial charge in [-0.05, 0) is 25.5 Å². The van der Waals surface area contributed by atoms with Gasteiger partial charge in [-0.25, -0.2) is 0 Å². The summed E-state index contributed by atoms with van der Waals surface area (Å²) in [7, 11) is 1.66. The van der Waals surface area contributed by atoms with E-state index in [0.717, 1.165) is 12.2 Å². The van der Waals surface area contributed by atoms with Gasteiger partial charge in [-0.1, -0.05) is 44.4 Å². The van der Waals surface area contributed by atoms with Crippen LogP contribution in [-0.2, 0) is 0 Å². The first-order chi connectivity index (χ1) is 7.70. The second-order valence-electron chi connectivity index (χ2n) is 3.86. The van der Waals surface area contributed by atoms with Crippen molar-refractivity contribution in [2.75, 3.05) is 7.11 Å². The molecule has 1 unspecified atom stereocenters. The molecule has 0 fully saturated rings. The number of hydrogen-bond donors (Lipinski definition) is 1. The average molecular weight is 224 g/mol. The van der Waals surface area contributed by atoms with Crippen molar-refractivity contribution in [3.05, 3.63) is 30.3 Å². The molecule has 0 saturated heterocycles. The number of unbranched alkanes of at least 4 members (excludes halogenated alkanes) is 2. The van der Waals surface area contributed by atoms with Gasteiger partial charge < -0.3 is 9.84 Å². The highest BCUT2D eigenvalue weighted by Crippen LogP contribution is 2.05. The fourth-order valence-electron chi connectivity index (χ4n) is 1.25. The average Bonchev–Trinajstić information content (AvgIpc) is 2.31. The first-order valence-electron chi connectivity index (χ1n) is 5.97. The third-order valence-corrected chi connectivity index (χ3v) is 2.20. The molecule has 0 radical (unpaired) electrons. The van der Waals surface area contributed by atoms with Crippen molar-refractivity contribution >= 4 is 0 Å². The molecule has 1 aromatic carbocycles. The molecule has 1 N–H and O–H groups in total. The summed E-state index contributed by atoms with van der Waals surface area (Å²) in [6.07, 6.45) is 4.54. The summed E-state index contributed by atoms with van der Waals surface area (Å²) >= 11 is 0. The minimum absolute atomic E-state index is 0.0958. The summed E-state index contributed by atoms with van der Waals surface area (Å²) in [6, 6.07) is 9.68. The number of benzene rings is 1. The highest BCUT2D eigenvalue weighted by atomic mass is 16.5. The highest BCUT2D eigenvalue weighted by molar-refractivity contribution is 5.20. The van der Waals surface area contributed by atoms with Crippen LogP contribution in [0.5, 0.6) is 5.75 Å². The molecule has 0 spiro atoms. The van der Waals surface area contributed by atoms with Crippen LogP contribution in [0, 0.1) is 0 Å². The lowest BCUT2D eigenvalue weighted by Crippen LogP contribution is -1.97. The highest BCUT2D eigenvalue weighted by Gasteiger charge is 1.92. The van der Waals surface area contributed by atoms with E-state index in [2.05, 4.69) is 6.92 Å². The van der Waals surface area contributed by atoms with E-state index in [1.165, 1.54) is 19.3 Å². The van der Waals surface area contributed by atoms with E-state index in [4.69, 9.17) is 9.84 Å². The molecular formula is C14H24O2. The lowest BCUT2D eigenvalue weighted by atomic mass is 10.1. The molecule has 0 saturated carbocycles. The fraction of sp³-hybridized carbons (Fsp3) is 0.571. The number of ether oxygens (including phenoxy) is 1. The Morgan fingerprint density at radius 1 is 1.19 bits per heavy atom. The normalized spacial score (nSPS) is 11.2. The first kappa shape index (κ1) is 15.0. The Kier molecular flexibility index (Phi) is 9.83. The second kappa shape index (κ2) is 10.5. The lowest BCUT2D eigenvalue weighted by Gasteiger charge is -2.00. The zero-order chi connectivity index (χ0) is 12.2. The quantitative estimate of drug-likeness (QED) is 0.774. The molecule has 2 nitrogen and oxygen atoms in total. The van der Waals surface area contributed by atoms with Gasteiger partial charge in [0.15, 0.2) is 0 Å². The Morgan fingerprint density at radius 2 is 1.81 bits per heavy atom. The minimum atomic E-state index is -0.0958. The summed E-state index contributed by atoms with van der Waals surface area (Å²) in [4.78, 5) is 0. The van der Waals surface area contributed by atoms with Crippen LogP contribution < -0.4 is 4.74 Å². The van der Waals surface area contributed by atoms with Crippen molar-refractivity contribution in [3.63, 3.8) is 0 Å². The molecule has 2 heteroatoms. The van der Waals surface area contributed by atoms with E-state index in [-0.39, 0.29) is 6.10 Å². The lowest BCUT2D eigenvalue weighted by molar-refractivity contribution is 0.180. The summed E-state index contributed by atoms with van der Waals surface area (Å²) in [5, 5.41) is 8.78. The van der Waals surface area contributed by atoms with Crippen LogP contribution in [0.15, 0.2) is 30.3 Å². The number of hydrogen-bond acceptors (Lipinski definition) is 2. The predicted octanol–water partition coefficient (Wildman–Crippen LogP) is 3.64. The molecule has 1 rings (SSSR count). The zero-order valence-electron chi connectivity index (χ0n) is 10.6. The third kappa shape index (κ3) is 9.53. The molecule has 0 amide bonds. The Bertz CT molecular complexity index is 232. The van der Waals surface area contributed by atoms with Crippen molar-refractivity contribution in [2.24, 2.45) is 0 Å². The van der Waals surface area contributed by atoms with Crippen LogP contribution in [0.1, 0.15) is 39.5 Å². The van der Waals surface area contributed by atoms with Crippen molar-refractivity contribution in [2.45, 2.75) is 45.6 Å². The molecule has 0 aliphatic rings. The molecule has 0 aliphatic carbocycles. The Hall–Kier alpha value is -1.02. The molecular weight excluding hydrogens is 200 g/mol. The van der Waals surface area contributed by atoms with Crippen LogP contribution in [0.4, 0.5) is 0 Å². The van der Waals surface area contributed by atoms with E-state index in [1.54, 1.807) is 7.11 Å². The van der Waals surface area contributed by atoms with Crippen LogP contribution in [0.2, 0.25) is 0 Å². The Labute approximate surface area is 99.3 Å². The maximum absolute atomic E-state index is 8.78. The maximum atomic E-state index is 8.78. The first-order valence-corrected chi connectivity index (χ1v) is 5.97. The smallest absolute Gasteiger partial charge is 0.118 e. The van der Waals surface area contributed by atoms with E-state index in [9.17, 15) is 0 Å². The van der Waals surface area contributed by atoms with Gasteiger partial charge >= 0.3 is 0 Å². The third-order valence-electron chi connectivity index (χ3n) is 2.20. The summed E-state index contributed by atoms with van der Waals surface area (Å²) in [5.41, 5.74) is 0. The largest absolute Gasteiger partial charge is 0.497 e. The van der Waals surface area contributed by atoms with Gasteiger partial charge in [0.05, 0.1) is 13.2 Å². The van der Waals surface area contributed by atoms with Gasteiger partial charge in [0.25, 0.3) is 0 Å². The standard InChI is InChI=1S/C7H8O.C7H16O/c1-8-7-5-3-2-4-6-7;1-3-4-5-6-7(2)8/h2-6H,1H3;7-8H,3-6H2,1-2H3. The van der Waals surface area contributed by atoms with Crippen molar-refractivity contribution < 1.29 is 9.84 Å². The number of aliphatic hydroxyl groups excluding tert-OH is 1. The van der Waals surface area contributed by atoms with Crippen molar-refractivity contribution in [1.29, 1.82) is 0 Å². The minimum Gasteiger partial charge on any atom is -0.497 e. The molecule has 0 heterocycles. The van der Waals surface area contributed by atoms with Gasteiger partial charge in [-0.15, -0.1) is 0 Å². The summed E-state index contributed by atoms with van der Waals surface area (Å²) in [6.45, 7) is 4.01. The van der Waals surface area contributed by atoms with Crippen LogP contribution in [0.25, 0.3) is 0 Å². The van der Waals surface area contributed by atoms with Crippen molar-refractivity contribution in [1.82, 2.24) is 0 Å². The number of aliphatic hydroxyl groups is 1. The van der Waals surface area contributed by atoms with Crippen LogP contribution in [-0.4, -0.2) is 18.3 Å². The zero-order valence-corrected chi connectivity index (χ0v) is 10.6. The second-order valence-corrected chi connectivity index (χ2v) is 3.86. The molecule has 0 aromatic heterocycles. The number of para-hydroxylation sites is 1.